The Morgan fingerprint density at radius 2 is 1.76 bits per heavy atom. The van der Waals surface area contributed by atoms with Gasteiger partial charge in [-0.1, -0.05) is 48.0 Å². The summed E-state index contributed by atoms with van der Waals surface area (Å²) in [7, 11) is 1.57. The molecule has 0 aliphatic carbocycles. The highest BCUT2D eigenvalue weighted by atomic mass is 35.5. The summed E-state index contributed by atoms with van der Waals surface area (Å²) in [6.45, 7) is 1.86. The van der Waals surface area contributed by atoms with Crippen molar-refractivity contribution in [2.45, 2.75) is 13.3 Å². The number of amides is 4. The summed E-state index contributed by atoms with van der Waals surface area (Å²) >= 11 is 6.35. The summed E-state index contributed by atoms with van der Waals surface area (Å²) < 4.78 is 5.36. The lowest BCUT2D eigenvalue weighted by atomic mass is 9.96. The molecule has 6 nitrogen and oxygen atoms in total. The van der Waals surface area contributed by atoms with Gasteiger partial charge < -0.3 is 4.74 Å². The number of barbiturate groups is 1. The van der Waals surface area contributed by atoms with E-state index in [2.05, 4.69) is 5.32 Å². The van der Waals surface area contributed by atoms with Gasteiger partial charge in [0, 0.05) is 5.02 Å². The number of anilines is 1. The third-order valence-corrected chi connectivity index (χ3v) is 5.72. The third kappa shape index (κ3) is 4.66. The van der Waals surface area contributed by atoms with E-state index in [1.165, 1.54) is 6.08 Å². The molecular weight excluding hydrogens is 440 g/mol. The average molecular weight is 461 g/mol. The van der Waals surface area contributed by atoms with Crippen molar-refractivity contribution in [1.82, 2.24) is 5.32 Å². The Morgan fingerprint density at radius 3 is 2.48 bits per heavy atom. The Hall–Kier alpha value is -3.90. The number of hydrogen-bond donors (Lipinski definition) is 1. The van der Waals surface area contributed by atoms with Gasteiger partial charge in [0.1, 0.15) is 11.3 Å². The minimum Gasteiger partial charge on any atom is -0.497 e. The van der Waals surface area contributed by atoms with Crippen LogP contribution >= 0.6 is 11.6 Å². The molecule has 1 heterocycles. The number of rotatable bonds is 5. The second-order valence-electron chi connectivity index (χ2n) is 7.63. The SMILES string of the molecule is COc1ccc(/C=C2\C(=O)NC(=O)N(c3cccc(C)c3)C2=O)c(Cc2ccccc2Cl)c1. The summed E-state index contributed by atoms with van der Waals surface area (Å²) in [5.74, 6) is -0.794. The molecule has 3 aromatic carbocycles. The molecule has 166 valence electrons. The Bertz CT molecular complexity index is 1300. The van der Waals surface area contributed by atoms with Gasteiger partial charge in [-0.3, -0.25) is 14.9 Å². The number of methoxy groups -OCH3 is 1. The minimum absolute atomic E-state index is 0.137. The number of aryl methyl sites for hydroxylation is 1. The van der Waals surface area contributed by atoms with E-state index >= 15 is 0 Å². The molecule has 0 radical (unpaired) electrons. The van der Waals surface area contributed by atoms with Crippen LogP contribution in [0.3, 0.4) is 0 Å². The zero-order valence-electron chi connectivity index (χ0n) is 18.1. The van der Waals surface area contributed by atoms with Crippen molar-refractivity contribution in [3.05, 3.63) is 99.6 Å². The van der Waals surface area contributed by atoms with Crippen LogP contribution in [0.1, 0.15) is 22.3 Å². The zero-order chi connectivity index (χ0) is 23.5. The number of halogens is 1. The molecule has 1 N–H and O–H groups in total. The molecule has 1 saturated heterocycles. The molecule has 1 fully saturated rings. The largest absolute Gasteiger partial charge is 0.497 e. The third-order valence-electron chi connectivity index (χ3n) is 5.35. The van der Waals surface area contributed by atoms with Crippen molar-refractivity contribution in [3.8, 4) is 5.75 Å². The molecule has 4 rings (SSSR count). The van der Waals surface area contributed by atoms with Gasteiger partial charge in [-0.2, -0.15) is 0 Å². The monoisotopic (exact) mass is 460 g/mol. The van der Waals surface area contributed by atoms with E-state index in [1.807, 2.05) is 37.3 Å². The topological polar surface area (TPSA) is 75.7 Å². The van der Waals surface area contributed by atoms with E-state index < -0.39 is 17.8 Å². The van der Waals surface area contributed by atoms with Crippen LogP contribution in [0.25, 0.3) is 6.08 Å². The van der Waals surface area contributed by atoms with E-state index in [0.29, 0.717) is 28.4 Å². The normalized spacial score (nSPS) is 15.1. The first-order chi connectivity index (χ1) is 15.9. The number of nitrogens with one attached hydrogen (secondary N) is 1. The molecule has 0 atom stereocenters. The van der Waals surface area contributed by atoms with Crippen LogP contribution in [-0.2, 0) is 16.0 Å². The maximum Gasteiger partial charge on any atom is 0.335 e. The second kappa shape index (κ2) is 9.30. The highest BCUT2D eigenvalue weighted by Crippen LogP contribution is 2.28. The number of carbonyl (C=O) groups is 3. The maximum absolute atomic E-state index is 13.2. The van der Waals surface area contributed by atoms with Crippen molar-refractivity contribution < 1.29 is 19.1 Å². The number of imide groups is 2. The van der Waals surface area contributed by atoms with Crippen LogP contribution < -0.4 is 15.0 Å². The Morgan fingerprint density at radius 1 is 0.970 bits per heavy atom. The standard InChI is InChI=1S/C26H21ClN2O4/c1-16-6-5-8-20(12-16)29-25(31)22(24(30)28-26(29)32)15-17-10-11-21(33-2)14-19(17)13-18-7-3-4-9-23(18)27/h3-12,14-15H,13H2,1-2H3,(H,28,30,32)/b22-15+. The van der Waals surface area contributed by atoms with Gasteiger partial charge >= 0.3 is 6.03 Å². The number of hydrogen-bond acceptors (Lipinski definition) is 4. The summed E-state index contributed by atoms with van der Waals surface area (Å²) in [5.41, 5.74) is 3.49. The molecule has 0 spiro atoms. The molecule has 33 heavy (non-hydrogen) atoms. The zero-order valence-corrected chi connectivity index (χ0v) is 18.8. The van der Waals surface area contributed by atoms with Crippen LogP contribution in [0, 0.1) is 6.92 Å². The lowest BCUT2D eigenvalue weighted by Crippen LogP contribution is -2.54. The fraction of sp³-hybridized carbons (Fsp3) is 0.115. The number of nitrogens with zero attached hydrogens (tertiary/aromatic N) is 1. The van der Waals surface area contributed by atoms with Gasteiger partial charge in [0.2, 0.25) is 0 Å². The van der Waals surface area contributed by atoms with Gasteiger partial charge in [-0.15, -0.1) is 0 Å². The van der Waals surface area contributed by atoms with Crippen LogP contribution in [0.5, 0.6) is 5.75 Å². The van der Waals surface area contributed by atoms with E-state index in [1.54, 1.807) is 43.5 Å². The van der Waals surface area contributed by atoms with E-state index in [-0.39, 0.29) is 5.57 Å². The number of ether oxygens (including phenoxy) is 1. The average Bonchev–Trinajstić information content (AvgIpc) is 2.79. The Kier molecular flexibility index (Phi) is 6.29. The van der Waals surface area contributed by atoms with Gasteiger partial charge in [0.05, 0.1) is 12.8 Å². The molecule has 0 saturated carbocycles. The first-order valence-corrected chi connectivity index (χ1v) is 10.6. The lowest BCUT2D eigenvalue weighted by molar-refractivity contribution is -0.122. The molecule has 0 aromatic heterocycles. The highest BCUT2D eigenvalue weighted by molar-refractivity contribution is 6.39. The van der Waals surface area contributed by atoms with Gasteiger partial charge in [-0.05, 0) is 72.0 Å². The van der Waals surface area contributed by atoms with Crippen molar-refractivity contribution in [1.29, 1.82) is 0 Å². The summed E-state index contributed by atoms with van der Waals surface area (Å²) in [4.78, 5) is 39.3. The van der Waals surface area contributed by atoms with E-state index in [4.69, 9.17) is 16.3 Å². The molecule has 1 aliphatic rings. The fourth-order valence-corrected chi connectivity index (χ4v) is 3.87. The highest BCUT2D eigenvalue weighted by Gasteiger charge is 2.37. The smallest absolute Gasteiger partial charge is 0.335 e. The summed E-state index contributed by atoms with van der Waals surface area (Å²) in [6, 6.07) is 19.0. The minimum atomic E-state index is -0.779. The van der Waals surface area contributed by atoms with Gasteiger partial charge in [0.15, 0.2) is 0 Å². The van der Waals surface area contributed by atoms with Crippen molar-refractivity contribution in [2.24, 2.45) is 0 Å². The maximum atomic E-state index is 13.2. The van der Waals surface area contributed by atoms with Crippen LogP contribution in [-0.4, -0.2) is 25.0 Å². The number of benzene rings is 3. The Labute approximate surface area is 196 Å². The van der Waals surface area contributed by atoms with Crippen molar-refractivity contribution >= 4 is 41.2 Å². The second-order valence-corrected chi connectivity index (χ2v) is 8.04. The van der Waals surface area contributed by atoms with Gasteiger partial charge in [-0.25, -0.2) is 9.69 Å². The molecule has 7 heteroatoms. The first-order valence-electron chi connectivity index (χ1n) is 10.3. The molecule has 0 unspecified atom stereocenters. The predicted molar refractivity (Wildman–Crippen MR) is 127 cm³/mol. The van der Waals surface area contributed by atoms with Crippen LogP contribution in [0.2, 0.25) is 5.02 Å². The lowest BCUT2D eigenvalue weighted by Gasteiger charge is -2.26. The van der Waals surface area contributed by atoms with Crippen molar-refractivity contribution in [2.75, 3.05) is 12.0 Å². The summed E-state index contributed by atoms with van der Waals surface area (Å²) in [6.07, 6.45) is 1.96. The molecule has 3 aromatic rings. The molecule has 4 amide bonds. The summed E-state index contributed by atoms with van der Waals surface area (Å²) in [5, 5.41) is 2.87. The van der Waals surface area contributed by atoms with Crippen molar-refractivity contribution in [3.63, 3.8) is 0 Å². The van der Waals surface area contributed by atoms with Crippen LogP contribution in [0.15, 0.2) is 72.3 Å². The first kappa shape index (κ1) is 22.3. The molecule has 1 aliphatic heterocycles. The van der Waals surface area contributed by atoms with Crippen LogP contribution in [0.4, 0.5) is 10.5 Å². The fourth-order valence-electron chi connectivity index (χ4n) is 3.66. The molecule has 0 bridgehead atoms. The predicted octanol–water partition coefficient (Wildman–Crippen LogP) is 4.91. The number of carbonyl (C=O) groups excluding carboxylic acids is 3. The van der Waals surface area contributed by atoms with E-state index in [9.17, 15) is 14.4 Å². The Balaban J connectivity index is 1.77. The quantitative estimate of drug-likeness (QED) is 0.433. The number of urea groups is 1. The van der Waals surface area contributed by atoms with E-state index in [0.717, 1.165) is 21.6 Å². The van der Waals surface area contributed by atoms with Gasteiger partial charge in [0.25, 0.3) is 11.8 Å². The molecular formula is C26H21ClN2O4.